The fourth-order valence-electron chi connectivity index (χ4n) is 1.72. The average molecular weight is 594 g/mol. The number of halogens is 20. The molecule has 0 spiro atoms. The van der Waals surface area contributed by atoms with Crippen LogP contribution in [0, 0.1) is 0 Å². The molecule has 0 heterocycles. The maximum atomic E-state index is 13.4. The molecule has 1 atom stereocenters. The summed E-state index contributed by atoms with van der Waals surface area (Å²) in [5.41, 5.74) is 0. The van der Waals surface area contributed by atoms with Gasteiger partial charge in [-0.25, -0.2) is 8.78 Å². The van der Waals surface area contributed by atoms with Crippen LogP contribution >= 0.6 is 0 Å². The predicted molar refractivity (Wildman–Crippen MR) is 66.4 cm³/mol. The summed E-state index contributed by atoms with van der Waals surface area (Å²) in [7, 11) is -6.81. The van der Waals surface area contributed by atoms with Gasteiger partial charge in [0.2, 0.25) is 6.17 Å². The molecule has 3 nitrogen and oxygen atoms in total. The second kappa shape index (κ2) is 8.39. The lowest BCUT2D eigenvalue weighted by Gasteiger charge is -2.43. The molecule has 1 N–H and O–H groups in total. The molecule has 210 valence electrons. The Bertz CT molecular complexity index is 944. The first kappa shape index (κ1) is 33.2. The molecule has 0 saturated heterocycles. The van der Waals surface area contributed by atoms with Crippen LogP contribution in [0.25, 0.3) is 0 Å². The minimum Gasteiger partial charge on any atom is -0.280 e. The molecule has 0 aliphatic rings. The van der Waals surface area contributed by atoms with Crippen LogP contribution in [-0.4, -0.2) is 66.8 Å². The van der Waals surface area contributed by atoms with Crippen molar-refractivity contribution in [1.82, 2.24) is 0 Å². The van der Waals surface area contributed by atoms with Gasteiger partial charge in [-0.15, -0.1) is 0 Å². The molecule has 0 aliphatic carbocycles. The van der Waals surface area contributed by atoms with E-state index >= 15 is 0 Å². The van der Waals surface area contributed by atoms with Gasteiger partial charge in [0.1, 0.15) is 0 Å². The third-order valence-electron chi connectivity index (χ3n) is 3.70. The minimum atomic E-state index is -9.10. The molecule has 0 aromatic heterocycles. The van der Waals surface area contributed by atoms with Crippen LogP contribution < -0.4 is 0 Å². The Hall–Kier alpha value is -1.75. The molecule has 24 heteroatoms. The minimum absolute atomic E-state index is 4.21. The van der Waals surface area contributed by atoms with Crippen LogP contribution in [0.4, 0.5) is 87.8 Å². The van der Waals surface area contributed by atoms with Gasteiger partial charge in [-0.2, -0.15) is 87.4 Å². The van der Waals surface area contributed by atoms with Gasteiger partial charge in [0.05, 0.1) is 0 Å². The summed E-state index contributed by atoms with van der Waals surface area (Å²) >= 11 is 0. The van der Waals surface area contributed by atoms with E-state index in [9.17, 15) is 96.2 Å². The molecule has 0 rings (SSSR count). The average Bonchev–Trinajstić information content (AvgIpc) is 2.63. The summed E-state index contributed by atoms with van der Waals surface area (Å²) in [6.45, 7) is 0. The zero-order chi connectivity index (χ0) is 29.2. The molecule has 0 saturated carbocycles. The lowest BCUT2D eigenvalue weighted by Crippen LogP contribution is -2.75. The standard InChI is InChI=1S/C11H2F20O3S/c12-1(3(14)35(32,33)34)2(13)4(15,16)5(17,18)6(19,20)7(21,22)8(23,24)9(25,26)10(27,28)11(29,30)31/h2H,(H,32,33,34)/b3-1-. The van der Waals surface area contributed by atoms with Crippen LogP contribution in [-0.2, 0) is 10.1 Å². The van der Waals surface area contributed by atoms with E-state index in [-0.39, 0.29) is 0 Å². The van der Waals surface area contributed by atoms with Gasteiger partial charge in [0, 0.05) is 0 Å². The fourth-order valence-corrected chi connectivity index (χ4v) is 2.07. The molecular weight excluding hydrogens is 592 g/mol. The lowest BCUT2D eigenvalue weighted by atomic mass is 9.88. The Morgan fingerprint density at radius 2 is 0.800 bits per heavy atom. The molecule has 0 amide bonds. The Kier molecular flexibility index (Phi) is 7.98. The van der Waals surface area contributed by atoms with E-state index in [0.29, 0.717) is 0 Å². The van der Waals surface area contributed by atoms with Gasteiger partial charge in [0.15, 0.2) is 5.83 Å². The Morgan fingerprint density at radius 1 is 0.543 bits per heavy atom. The SMILES string of the molecule is O=S(=O)(O)/C(F)=C(\F)C(F)C(F)(F)C(F)(F)C(F)(F)C(F)(F)C(F)(F)C(F)(F)C(F)(F)C(F)(F)F. The molecule has 1 unspecified atom stereocenters. The van der Waals surface area contributed by atoms with E-state index in [1.54, 1.807) is 0 Å². The number of hydrogen-bond acceptors (Lipinski definition) is 2. The fraction of sp³-hybridized carbons (Fsp3) is 0.818. The summed E-state index contributed by atoms with van der Waals surface area (Å²) < 4.78 is 287. The summed E-state index contributed by atoms with van der Waals surface area (Å²) in [5, 5.41) is -4.21. The first-order chi connectivity index (χ1) is 14.7. The third kappa shape index (κ3) is 4.47. The van der Waals surface area contributed by atoms with Crippen LogP contribution in [0.1, 0.15) is 0 Å². The third-order valence-corrected chi connectivity index (χ3v) is 4.35. The van der Waals surface area contributed by atoms with Gasteiger partial charge in [-0.1, -0.05) is 0 Å². The van der Waals surface area contributed by atoms with E-state index in [4.69, 9.17) is 4.55 Å². The van der Waals surface area contributed by atoms with Crippen molar-refractivity contribution in [3.63, 3.8) is 0 Å². The molecule has 0 aliphatic heterocycles. The van der Waals surface area contributed by atoms with Gasteiger partial charge in [0.25, 0.3) is 5.16 Å². The first-order valence-corrected chi connectivity index (χ1v) is 8.55. The molecule has 0 fully saturated rings. The van der Waals surface area contributed by atoms with E-state index in [1.807, 2.05) is 0 Å². The number of allylic oxidation sites excluding steroid dienone is 1. The largest absolute Gasteiger partial charge is 0.460 e. The lowest BCUT2D eigenvalue weighted by molar-refractivity contribution is -0.463. The van der Waals surface area contributed by atoms with Gasteiger partial charge in [-0.3, -0.25) is 4.55 Å². The number of alkyl halides is 18. The van der Waals surface area contributed by atoms with Crippen LogP contribution in [0.5, 0.6) is 0 Å². The van der Waals surface area contributed by atoms with Crippen molar-refractivity contribution in [2.75, 3.05) is 0 Å². The number of rotatable bonds is 9. The second-order valence-electron chi connectivity index (χ2n) is 6.03. The van der Waals surface area contributed by atoms with E-state index in [1.165, 1.54) is 0 Å². The summed E-state index contributed by atoms with van der Waals surface area (Å²) in [6.07, 6.45) is -14.2. The maximum Gasteiger partial charge on any atom is 0.460 e. The van der Waals surface area contributed by atoms with Crippen molar-refractivity contribution < 1.29 is 101 Å². The highest BCUT2D eigenvalue weighted by atomic mass is 32.2. The van der Waals surface area contributed by atoms with Crippen molar-refractivity contribution >= 4 is 10.1 Å². The number of hydrogen-bond donors (Lipinski definition) is 1. The highest BCUT2D eigenvalue weighted by molar-refractivity contribution is 7.89. The summed E-state index contributed by atoms with van der Waals surface area (Å²) in [6, 6.07) is 0. The molecule has 0 bridgehead atoms. The van der Waals surface area contributed by atoms with Crippen molar-refractivity contribution in [3.8, 4) is 0 Å². The first-order valence-electron chi connectivity index (χ1n) is 7.11. The normalized spacial score (nSPS) is 17.9. The Balaban J connectivity index is 7.03. The predicted octanol–water partition coefficient (Wildman–Crippen LogP) is 6.33. The van der Waals surface area contributed by atoms with Crippen LogP contribution in [0.3, 0.4) is 0 Å². The van der Waals surface area contributed by atoms with Crippen molar-refractivity contribution in [3.05, 3.63) is 11.0 Å². The highest BCUT2D eigenvalue weighted by Crippen LogP contribution is 2.64. The van der Waals surface area contributed by atoms with Gasteiger partial charge in [-0.05, 0) is 0 Å². The van der Waals surface area contributed by atoms with Gasteiger partial charge < -0.3 is 0 Å². The topological polar surface area (TPSA) is 54.4 Å². The van der Waals surface area contributed by atoms with Crippen molar-refractivity contribution in [1.29, 1.82) is 0 Å². The maximum absolute atomic E-state index is 13.4. The monoisotopic (exact) mass is 594 g/mol. The molecule has 0 radical (unpaired) electrons. The summed E-state index contributed by atoms with van der Waals surface area (Å²) in [5.74, 6) is -65.8. The molecular formula is C11H2F20O3S. The summed E-state index contributed by atoms with van der Waals surface area (Å²) in [4.78, 5) is 0. The van der Waals surface area contributed by atoms with E-state index in [0.717, 1.165) is 0 Å². The van der Waals surface area contributed by atoms with Gasteiger partial charge >= 0.3 is 57.8 Å². The van der Waals surface area contributed by atoms with Crippen LogP contribution in [0.2, 0.25) is 0 Å². The van der Waals surface area contributed by atoms with Crippen molar-refractivity contribution in [2.45, 2.75) is 53.8 Å². The smallest absolute Gasteiger partial charge is 0.280 e. The quantitative estimate of drug-likeness (QED) is 0.251. The van der Waals surface area contributed by atoms with E-state index < -0.39 is 74.9 Å². The van der Waals surface area contributed by atoms with E-state index in [2.05, 4.69) is 0 Å². The zero-order valence-corrected chi connectivity index (χ0v) is 15.6. The zero-order valence-electron chi connectivity index (χ0n) is 14.8. The van der Waals surface area contributed by atoms with Crippen LogP contribution in [0.15, 0.2) is 11.0 Å². The molecule has 0 aromatic rings. The highest BCUT2D eigenvalue weighted by Gasteiger charge is 2.95. The second-order valence-corrected chi connectivity index (χ2v) is 7.33. The molecule has 35 heavy (non-hydrogen) atoms. The van der Waals surface area contributed by atoms with Crippen molar-refractivity contribution in [2.24, 2.45) is 0 Å². The Morgan fingerprint density at radius 3 is 1.06 bits per heavy atom. The molecule has 0 aromatic carbocycles. The Labute approximate surface area is 177 Å².